The Morgan fingerprint density at radius 3 is 2.71 bits per heavy atom. The monoisotopic (exact) mass is 422 g/mol. The average molecular weight is 422 g/mol. The van der Waals surface area contributed by atoms with Gasteiger partial charge >= 0.3 is 6.03 Å². The smallest absolute Gasteiger partial charge is 0.317 e. The van der Waals surface area contributed by atoms with E-state index in [2.05, 4.69) is 10.6 Å². The highest BCUT2D eigenvalue weighted by atomic mass is 16.3. The molecule has 8 heteroatoms. The second-order valence-corrected chi connectivity index (χ2v) is 8.47. The van der Waals surface area contributed by atoms with Gasteiger partial charge in [-0.05, 0) is 43.2 Å². The molecule has 8 nitrogen and oxygen atoms in total. The second kappa shape index (κ2) is 8.09. The quantitative estimate of drug-likeness (QED) is 0.778. The number of hydrogen-bond donors (Lipinski definition) is 2. The third kappa shape index (κ3) is 3.78. The molecule has 0 bridgehead atoms. The Labute approximate surface area is 180 Å². The number of amides is 4. The molecule has 1 atom stereocenters. The maximum absolute atomic E-state index is 13.3. The molecular weight excluding hydrogens is 396 g/mol. The van der Waals surface area contributed by atoms with E-state index in [0.717, 1.165) is 31.2 Å². The molecule has 2 aromatic rings. The standard InChI is InChI=1S/C23H26N4O4/c28-21-19-14-26(23(30)24-16-5-2-1-3-6-16)10-11-27(19)22(29)17-13-15(8-9-18(17)25-21)20-7-4-12-31-20/h4,7-9,12-13,16,19H,1-3,5-6,10-11,14H2,(H,24,30)(H,25,28)/t19-/m1/s1. The highest BCUT2D eigenvalue weighted by molar-refractivity contribution is 6.10. The molecule has 3 heterocycles. The van der Waals surface area contributed by atoms with Crippen molar-refractivity contribution in [2.24, 2.45) is 0 Å². The van der Waals surface area contributed by atoms with Gasteiger partial charge in [0.05, 0.1) is 24.1 Å². The lowest BCUT2D eigenvalue weighted by Crippen LogP contribution is -2.61. The van der Waals surface area contributed by atoms with E-state index in [1.807, 2.05) is 12.1 Å². The van der Waals surface area contributed by atoms with E-state index in [1.54, 1.807) is 34.3 Å². The minimum atomic E-state index is -0.710. The number of nitrogens with zero attached hydrogens (tertiary/aromatic N) is 2. The average Bonchev–Trinajstić information content (AvgIpc) is 3.31. The Kier molecular flexibility index (Phi) is 5.13. The number of carbonyl (C=O) groups is 3. The first-order chi connectivity index (χ1) is 15.1. The van der Waals surface area contributed by atoms with E-state index in [4.69, 9.17) is 4.42 Å². The maximum Gasteiger partial charge on any atom is 0.317 e. The Hall–Kier alpha value is -3.29. The molecule has 2 N–H and O–H groups in total. The molecule has 0 unspecified atom stereocenters. The molecule has 1 saturated heterocycles. The van der Waals surface area contributed by atoms with Crippen LogP contribution in [-0.2, 0) is 4.79 Å². The van der Waals surface area contributed by atoms with Gasteiger partial charge in [-0.3, -0.25) is 9.59 Å². The van der Waals surface area contributed by atoms with Crippen LogP contribution in [0.2, 0.25) is 0 Å². The van der Waals surface area contributed by atoms with E-state index >= 15 is 0 Å². The SMILES string of the molecule is O=C1Nc2ccc(-c3ccco3)cc2C(=O)N2CCN(C(=O)NC3CCCCC3)C[C@H]12. The van der Waals surface area contributed by atoms with Crippen LogP contribution < -0.4 is 10.6 Å². The Morgan fingerprint density at radius 2 is 1.94 bits per heavy atom. The largest absolute Gasteiger partial charge is 0.464 e. The van der Waals surface area contributed by atoms with E-state index in [-0.39, 0.29) is 30.4 Å². The third-order valence-corrected chi connectivity index (χ3v) is 6.48. The molecule has 1 saturated carbocycles. The summed E-state index contributed by atoms with van der Waals surface area (Å²) in [4.78, 5) is 42.3. The van der Waals surface area contributed by atoms with Crippen molar-refractivity contribution in [3.63, 3.8) is 0 Å². The zero-order chi connectivity index (χ0) is 21.4. The van der Waals surface area contributed by atoms with Crippen molar-refractivity contribution >= 4 is 23.5 Å². The van der Waals surface area contributed by atoms with E-state index in [1.165, 1.54) is 6.42 Å². The molecule has 0 radical (unpaired) electrons. The summed E-state index contributed by atoms with van der Waals surface area (Å²) in [6.07, 6.45) is 7.08. The topological polar surface area (TPSA) is 94.9 Å². The summed E-state index contributed by atoms with van der Waals surface area (Å²) < 4.78 is 5.44. The first kappa shape index (κ1) is 19.7. The molecule has 1 aliphatic carbocycles. The zero-order valence-corrected chi connectivity index (χ0v) is 17.3. The minimum Gasteiger partial charge on any atom is -0.464 e. The lowest BCUT2D eigenvalue weighted by molar-refractivity contribution is -0.121. The number of carbonyl (C=O) groups excluding carboxylic acids is 3. The molecule has 1 aromatic heterocycles. The summed E-state index contributed by atoms with van der Waals surface area (Å²) in [7, 11) is 0. The number of piperazine rings is 1. The maximum atomic E-state index is 13.3. The van der Waals surface area contributed by atoms with Gasteiger partial charge in [0.15, 0.2) is 0 Å². The summed E-state index contributed by atoms with van der Waals surface area (Å²) in [5, 5.41) is 5.98. The molecule has 3 aliphatic rings. The van der Waals surface area contributed by atoms with Crippen LogP contribution >= 0.6 is 0 Å². The van der Waals surface area contributed by atoms with Crippen molar-refractivity contribution in [1.29, 1.82) is 0 Å². The highest BCUT2D eigenvalue weighted by Gasteiger charge is 2.40. The highest BCUT2D eigenvalue weighted by Crippen LogP contribution is 2.30. The molecule has 0 spiro atoms. The van der Waals surface area contributed by atoms with Crippen LogP contribution in [0.3, 0.4) is 0 Å². The van der Waals surface area contributed by atoms with Gasteiger partial charge in [-0.15, -0.1) is 0 Å². The van der Waals surface area contributed by atoms with Crippen LogP contribution in [0.4, 0.5) is 10.5 Å². The van der Waals surface area contributed by atoms with Gasteiger partial charge in [0.2, 0.25) is 5.91 Å². The Balaban J connectivity index is 1.34. The van der Waals surface area contributed by atoms with Crippen LogP contribution in [0.25, 0.3) is 11.3 Å². The molecule has 1 aromatic carbocycles. The van der Waals surface area contributed by atoms with Gasteiger partial charge < -0.3 is 24.9 Å². The molecular formula is C23H26N4O4. The first-order valence-corrected chi connectivity index (χ1v) is 11.0. The molecule has 31 heavy (non-hydrogen) atoms. The van der Waals surface area contributed by atoms with Crippen molar-refractivity contribution in [1.82, 2.24) is 15.1 Å². The molecule has 162 valence electrons. The van der Waals surface area contributed by atoms with Crippen molar-refractivity contribution in [2.45, 2.75) is 44.2 Å². The number of fused-ring (bicyclic) bond motifs is 2. The number of anilines is 1. The fourth-order valence-corrected chi connectivity index (χ4v) is 4.74. The Bertz CT molecular complexity index is 997. The molecule has 2 fully saturated rings. The van der Waals surface area contributed by atoms with Gasteiger partial charge in [0.1, 0.15) is 11.8 Å². The van der Waals surface area contributed by atoms with Crippen molar-refractivity contribution in [2.75, 3.05) is 25.0 Å². The van der Waals surface area contributed by atoms with Gasteiger partial charge in [0.25, 0.3) is 5.91 Å². The van der Waals surface area contributed by atoms with Gasteiger partial charge in [-0.25, -0.2) is 4.79 Å². The predicted molar refractivity (Wildman–Crippen MR) is 115 cm³/mol. The summed E-state index contributed by atoms with van der Waals surface area (Å²) >= 11 is 0. The fourth-order valence-electron chi connectivity index (χ4n) is 4.74. The summed E-state index contributed by atoms with van der Waals surface area (Å²) in [5.74, 6) is 0.180. The van der Waals surface area contributed by atoms with Crippen molar-refractivity contribution in [3.05, 3.63) is 42.2 Å². The first-order valence-electron chi connectivity index (χ1n) is 11.0. The summed E-state index contributed by atoms with van der Waals surface area (Å²) in [5.41, 5.74) is 1.69. The molecule has 4 amide bonds. The van der Waals surface area contributed by atoms with Crippen LogP contribution in [-0.4, -0.2) is 59.4 Å². The summed E-state index contributed by atoms with van der Waals surface area (Å²) in [6.45, 7) is 0.913. The lowest BCUT2D eigenvalue weighted by Gasteiger charge is -2.40. The summed E-state index contributed by atoms with van der Waals surface area (Å²) in [6, 6.07) is 8.27. The van der Waals surface area contributed by atoms with Crippen LogP contribution in [0.5, 0.6) is 0 Å². The van der Waals surface area contributed by atoms with Crippen LogP contribution in [0, 0.1) is 0 Å². The third-order valence-electron chi connectivity index (χ3n) is 6.48. The van der Waals surface area contributed by atoms with Crippen molar-refractivity contribution < 1.29 is 18.8 Å². The lowest BCUT2D eigenvalue weighted by atomic mass is 9.96. The number of rotatable bonds is 2. The number of furan rings is 1. The second-order valence-electron chi connectivity index (χ2n) is 8.47. The number of nitrogens with one attached hydrogen (secondary N) is 2. The zero-order valence-electron chi connectivity index (χ0n) is 17.3. The minimum absolute atomic E-state index is 0.145. The number of urea groups is 1. The Morgan fingerprint density at radius 1 is 1.10 bits per heavy atom. The van der Waals surface area contributed by atoms with Crippen molar-refractivity contribution in [3.8, 4) is 11.3 Å². The van der Waals surface area contributed by atoms with E-state index in [9.17, 15) is 14.4 Å². The fraction of sp³-hybridized carbons (Fsp3) is 0.435. The predicted octanol–water partition coefficient (Wildman–Crippen LogP) is 3.07. The van der Waals surface area contributed by atoms with Crippen LogP contribution in [0.1, 0.15) is 42.5 Å². The molecule has 5 rings (SSSR count). The van der Waals surface area contributed by atoms with Crippen LogP contribution in [0.15, 0.2) is 41.0 Å². The van der Waals surface area contributed by atoms with Gasteiger partial charge in [-0.1, -0.05) is 19.3 Å². The number of benzene rings is 1. The normalized spacial score (nSPS) is 21.7. The van der Waals surface area contributed by atoms with E-state index < -0.39 is 6.04 Å². The van der Waals surface area contributed by atoms with Gasteiger partial charge in [-0.2, -0.15) is 0 Å². The van der Waals surface area contributed by atoms with Gasteiger partial charge in [0, 0.05) is 24.7 Å². The molecule has 2 aliphatic heterocycles. The number of hydrogen-bond acceptors (Lipinski definition) is 4. The van der Waals surface area contributed by atoms with E-state index in [0.29, 0.717) is 30.1 Å².